The van der Waals surface area contributed by atoms with Gasteiger partial charge in [-0.15, -0.1) is 0 Å². The molecule has 1 aliphatic heterocycles. The van der Waals surface area contributed by atoms with Crippen molar-refractivity contribution in [3.8, 4) is 5.75 Å². The van der Waals surface area contributed by atoms with Gasteiger partial charge in [0, 0.05) is 19.0 Å². The summed E-state index contributed by atoms with van der Waals surface area (Å²) in [4.78, 5) is 2.50. The summed E-state index contributed by atoms with van der Waals surface area (Å²) in [6.45, 7) is 4.16. The Bertz CT molecular complexity index is 348. The zero-order chi connectivity index (χ0) is 12.1. The van der Waals surface area contributed by atoms with Gasteiger partial charge in [0.2, 0.25) is 0 Å². The lowest BCUT2D eigenvalue weighted by atomic mass is 9.97. The van der Waals surface area contributed by atoms with Crippen LogP contribution in [0.25, 0.3) is 0 Å². The highest BCUT2D eigenvalue weighted by Crippen LogP contribution is 2.27. The second kappa shape index (κ2) is 6.03. The number of methoxy groups -OCH3 is 1. The molecule has 0 amide bonds. The quantitative estimate of drug-likeness (QED) is 0.844. The molecule has 1 atom stereocenters. The van der Waals surface area contributed by atoms with E-state index in [1.165, 1.54) is 31.5 Å². The molecule has 2 N–H and O–H groups in total. The summed E-state index contributed by atoms with van der Waals surface area (Å²) >= 11 is 0. The van der Waals surface area contributed by atoms with Crippen LogP contribution in [0.4, 0.5) is 0 Å². The maximum absolute atomic E-state index is 5.92. The average molecular weight is 234 g/mol. The van der Waals surface area contributed by atoms with Crippen LogP contribution >= 0.6 is 0 Å². The van der Waals surface area contributed by atoms with Crippen molar-refractivity contribution in [3.63, 3.8) is 0 Å². The molecule has 3 heteroatoms. The Morgan fingerprint density at radius 2 is 2.00 bits per heavy atom. The molecule has 17 heavy (non-hydrogen) atoms. The van der Waals surface area contributed by atoms with Gasteiger partial charge in [-0.05, 0) is 37.6 Å². The lowest BCUT2D eigenvalue weighted by molar-refractivity contribution is 0.311. The molecule has 0 aromatic heterocycles. The van der Waals surface area contributed by atoms with E-state index < -0.39 is 0 Å². The Kier molecular flexibility index (Phi) is 4.40. The van der Waals surface area contributed by atoms with E-state index in [1.807, 2.05) is 12.1 Å². The van der Waals surface area contributed by atoms with Crippen LogP contribution in [0.15, 0.2) is 24.3 Å². The lowest BCUT2D eigenvalue weighted by Gasteiger charge is -2.23. The zero-order valence-electron chi connectivity index (χ0n) is 10.6. The molecule has 0 aliphatic carbocycles. The molecule has 1 heterocycles. The van der Waals surface area contributed by atoms with Crippen molar-refractivity contribution in [2.45, 2.75) is 18.8 Å². The fraction of sp³-hybridized carbons (Fsp3) is 0.571. The molecule has 1 aromatic carbocycles. The highest BCUT2D eigenvalue weighted by atomic mass is 16.5. The average Bonchev–Trinajstić information content (AvgIpc) is 2.89. The van der Waals surface area contributed by atoms with Crippen LogP contribution in [-0.2, 0) is 0 Å². The third kappa shape index (κ3) is 2.99. The summed E-state index contributed by atoms with van der Waals surface area (Å²) in [6, 6.07) is 8.21. The molecule has 0 radical (unpaired) electrons. The summed E-state index contributed by atoms with van der Waals surface area (Å²) in [7, 11) is 1.72. The van der Waals surface area contributed by atoms with Crippen molar-refractivity contribution >= 4 is 0 Å². The number of rotatable bonds is 5. The first-order valence-corrected chi connectivity index (χ1v) is 6.40. The molecule has 94 valence electrons. The number of benzene rings is 1. The molecule has 1 unspecified atom stereocenters. The number of nitrogens with two attached hydrogens (primary N) is 1. The first-order valence-electron chi connectivity index (χ1n) is 6.40. The first kappa shape index (κ1) is 12.4. The lowest BCUT2D eigenvalue weighted by Crippen LogP contribution is -2.29. The van der Waals surface area contributed by atoms with Gasteiger partial charge in [-0.2, -0.15) is 0 Å². The van der Waals surface area contributed by atoms with E-state index in [1.54, 1.807) is 7.11 Å². The van der Waals surface area contributed by atoms with Gasteiger partial charge >= 0.3 is 0 Å². The molecule has 1 aliphatic rings. The van der Waals surface area contributed by atoms with Gasteiger partial charge in [0.15, 0.2) is 0 Å². The van der Waals surface area contributed by atoms with Crippen LogP contribution in [-0.4, -0.2) is 38.2 Å². The molecule has 1 aromatic rings. The molecular formula is C14H22N2O. The topological polar surface area (TPSA) is 38.5 Å². The number of nitrogens with zero attached hydrogens (tertiary/aromatic N) is 1. The Hall–Kier alpha value is -1.06. The highest BCUT2D eigenvalue weighted by Gasteiger charge is 2.20. The minimum absolute atomic E-state index is 0.379. The molecule has 2 rings (SSSR count). The zero-order valence-corrected chi connectivity index (χ0v) is 10.6. The van der Waals surface area contributed by atoms with Crippen molar-refractivity contribution in [1.82, 2.24) is 4.90 Å². The third-order valence-corrected chi connectivity index (χ3v) is 3.54. The number of hydrogen-bond acceptors (Lipinski definition) is 3. The maximum Gasteiger partial charge on any atom is 0.122 e. The summed E-state index contributed by atoms with van der Waals surface area (Å²) in [5, 5.41) is 0. The minimum atomic E-state index is 0.379. The van der Waals surface area contributed by atoms with E-state index >= 15 is 0 Å². The molecule has 1 saturated heterocycles. The van der Waals surface area contributed by atoms with Crippen LogP contribution in [0.3, 0.4) is 0 Å². The highest BCUT2D eigenvalue weighted by molar-refractivity contribution is 5.36. The molecular weight excluding hydrogens is 212 g/mol. The SMILES string of the molecule is COc1ccccc1C(CN)CN1CCCC1. The number of ether oxygens (including phenoxy) is 1. The van der Waals surface area contributed by atoms with Crippen LogP contribution in [0, 0.1) is 0 Å². The fourth-order valence-electron chi connectivity index (χ4n) is 2.58. The Morgan fingerprint density at radius 1 is 1.29 bits per heavy atom. The van der Waals surface area contributed by atoms with Gasteiger partial charge in [-0.3, -0.25) is 0 Å². The molecule has 0 saturated carbocycles. The van der Waals surface area contributed by atoms with Gasteiger partial charge in [0.25, 0.3) is 0 Å². The first-order chi connectivity index (χ1) is 8.35. The van der Waals surface area contributed by atoms with Crippen LogP contribution < -0.4 is 10.5 Å². The van der Waals surface area contributed by atoms with Gasteiger partial charge in [0.05, 0.1) is 7.11 Å². The maximum atomic E-state index is 5.92. The Balaban J connectivity index is 2.10. The third-order valence-electron chi connectivity index (χ3n) is 3.54. The van der Waals surface area contributed by atoms with E-state index in [4.69, 9.17) is 10.5 Å². The molecule has 0 bridgehead atoms. The predicted octanol–water partition coefficient (Wildman–Crippen LogP) is 1.83. The Morgan fingerprint density at radius 3 is 2.65 bits per heavy atom. The van der Waals surface area contributed by atoms with Crippen molar-refractivity contribution in [2.24, 2.45) is 5.73 Å². The van der Waals surface area contributed by atoms with Gasteiger partial charge in [-0.1, -0.05) is 18.2 Å². The summed E-state index contributed by atoms with van der Waals surface area (Å²) in [5.74, 6) is 1.34. The summed E-state index contributed by atoms with van der Waals surface area (Å²) in [5.41, 5.74) is 7.16. The number of likely N-dealkylation sites (tertiary alicyclic amines) is 1. The van der Waals surface area contributed by atoms with Crippen molar-refractivity contribution < 1.29 is 4.74 Å². The normalized spacial score (nSPS) is 18.2. The molecule has 3 nitrogen and oxygen atoms in total. The van der Waals surface area contributed by atoms with Crippen molar-refractivity contribution in [1.29, 1.82) is 0 Å². The smallest absolute Gasteiger partial charge is 0.122 e. The van der Waals surface area contributed by atoms with Crippen molar-refractivity contribution in [3.05, 3.63) is 29.8 Å². The van der Waals surface area contributed by atoms with E-state index in [0.717, 1.165) is 12.3 Å². The monoisotopic (exact) mass is 234 g/mol. The van der Waals surface area contributed by atoms with E-state index in [0.29, 0.717) is 12.5 Å². The van der Waals surface area contributed by atoms with Crippen LogP contribution in [0.5, 0.6) is 5.75 Å². The second-order valence-corrected chi connectivity index (χ2v) is 4.68. The van der Waals surface area contributed by atoms with Gasteiger partial charge in [-0.25, -0.2) is 0 Å². The van der Waals surface area contributed by atoms with Gasteiger partial charge < -0.3 is 15.4 Å². The summed E-state index contributed by atoms with van der Waals surface area (Å²) in [6.07, 6.45) is 2.65. The van der Waals surface area contributed by atoms with E-state index in [9.17, 15) is 0 Å². The number of hydrogen-bond donors (Lipinski definition) is 1. The molecule has 1 fully saturated rings. The van der Waals surface area contributed by atoms with E-state index in [-0.39, 0.29) is 0 Å². The summed E-state index contributed by atoms with van der Waals surface area (Å²) < 4.78 is 5.42. The van der Waals surface area contributed by atoms with Gasteiger partial charge in [0.1, 0.15) is 5.75 Å². The fourth-order valence-corrected chi connectivity index (χ4v) is 2.58. The standard InChI is InChI=1S/C14H22N2O/c1-17-14-7-3-2-6-13(14)12(10-15)11-16-8-4-5-9-16/h2-3,6-7,12H,4-5,8-11,15H2,1H3. The van der Waals surface area contributed by atoms with Crippen LogP contribution in [0.1, 0.15) is 24.3 Å². The number of para-hydroxylation sites is 1. The Labute approximate surface area is 104 Å². The van der Waals surface area contributed by atoms with Crippen molar-refractivity contribution in [2.75, 3.05) is 33.3 Å². The molecule has 0 spiro atoms. The van der Waals surface area contributed by atoms with Crippen LogP contribution in [0.2, 0.25) is 0 Å². The predicted molar refractivity (Wildman–Crippen MR) is 70.5 cm³/mol. The largest absolute Gasteiger partial charge is 0.496 e. The minimum Gasteiger partial charge on any atom is -0.496 e. The van der Waals surface area contributed by atoms with E-state index in [2.05, 4.69) is 17.0 Å². The second-order valence-electron chi connectivity index (χ2n) is 4.68.